The molecule has 0 unspecified atom stereocenters. The lowest BCUT2D eigenvalue weighted by atomic mass is 10.2. The number of benzene rings is 1. The second-order valence-corrected chi connectivity index (χ2v) is 6.13. The summed E-state index contributed by atoms with van der Waals surface area (Å²) in [6.07, 6.45) is 1.70. The molecule has 0 bridgehead atoms. The van der Waals surface area contributed by atoms with E-state index in [1.165, 1.54) is 0 Å². The third-order valence-corrected chi connectivity index (χ3v) is 4.17. The van der Waals surface area contributed by atoms with Gasteiger partial charge in [0.15, 0.2) is 0 Å². The molecule has 3 rings (SSSR count). The Morgan fingerprint density at radius 2 is 1.84 bits per heavy atom. The molecular formula is C19H24N4O2. The molecule has 1 aromatic carbocycles. The van der Waals surface area contributed by atoms with E-state index in [4.69, 9.17) is 4.74 Å². The van der Waals surface area contributed by atoms with Gasteiger partial charge >= 0.3 is 0 Å². The summed E-state index contributed by atoms with van der Waals surface area (Å²) in [6.45, 7) is 7.42. The maximum absolute atomic E-state index is 12.2. The van der Waals surface area contributed by atoms with Gasteiger partial charge in [-0.05, 0) is 31.2 Å². The molecule has 1 amide bonds. The number of aromatic nitrogens is 1. The highest BCUT2D eigenvalue weighted by molar-refractivity contribution is 6.02. The third kappa shape index (κ3) is 5.27. The molecule has 1 aliphatic rings. The Morgan fingerprint density at radius 3 is 2.52 bits per heavy atom. The summed E-state index contributed by atoms with van der Waals surface area (Å²) in [5, 5.41) is 6.19. The number of carbonyl (C=O) groups is 1. The van der Waals surface area contributed by atoms with Crippen LogP contribution in [0.4, 0.5) is 11.4 Å². The van der Waals surface area contributed by atoms with E-state index < -0.39 is 0 Å². The number of pyridine rings is 1. The van der Waals surface area contributed by atoms with Crippen molar-refractivity contribution in [1.82, 2.24) is 9.88 Å². The summed E-state index contributed by atoms with van der Waals surface area (Å²) in [5.74, 6) is -0.205. The Kier molecular flexibility index (Phi) is 5.98. The van der Waals surface area contributed by atoms with E-state index >= 15 is 0 Å². The van der Waals surface area contributed by atoms with Crippen LogP contribution in [0.2, 0.25) is 0 Å². The first-order valence-corrected chi connectivity index (χ1v) is 8.59. The van der Waals surface area contributed by atoms with Crippen LogP contribution in [0, 0.1) is 6.92 Å². The normalized spacial score (nSPS) is 14.9. The minimum Gasteiger partial charge on any atom is -0.383 e. The lowest BCUT2D eigenvalue weighted by Crippen LogP contribution is -2.39. The van der Waals surface area contributed by atoms with Crippen LogP contribution in [-0.2, 0) is 4.74 Å². The number of aryl methyl sites for hydroxylation is 1. The lowest BCUT2D eigenvalue weighted by Gasteiger charge is -2.26. The van der Waals surface area contributed by atoms with Crippen LogP contribution in [0.3, 0.4) is 0 Å². The van der Waals surface area contributed by atoms with E-state index in [1.807, 2.05) is 37.3 Å². The maximum atomic E-state index is 12.2. The van der Waals surface area contributed by atoms with Gasteiger partial charge in [-0.25, -0.2) is 4.98 Å². The predicted molar refractivity (Wildman–Crippen MR) is 99.1 cm³/mol. The van der Waals surface area contributed by atoms with Crippen molar-refractivity contribution in [3.63, 3.8) is 0 Å². The number of carbonyl (C=O) groups excluding carboxylic acids is 1. The van der Waals surface area contributed by atoms with Crippen LogP contribution in [0.25, 0.3) is 0 Å². The third-order valence-electron chi connectivity index (χ3n) is 4.17. The highest BCUT2D eigenvalue weighted by atomic mass is 16.5. The zero-order chi connectivity index (χ0) is 17.5. The number of nitrogens with zero attached hydrogens (tertiary/aromatic N) is 2. The van der Waals surface area contributed by atoms with Crippen LogP contribution in [0.1, 0.15) is 16.1 Å². The fourth-order valence-electron chi connectivity index (χ4n) is 2.65. The van der Waals surface area contributed by atoms with Crippen LogP contribution in [0.15, 0.2) is 42.6 Å². The van der Waals surface area contributed by atoms with Gasteiger partial charge in [-0.15, -0.1) is 0 Å². The van der Waals surface area contributed by atoms with E-state index in [1.54, 1.807) is 12.3 Å². The van der Waals surface area contributed by atoms with Crippen molar-refractivity contribution in [3.05, 3.63) is 53.9 Å². The maximum Gasteiger partial charge on any atom is 0.274 e. The van der Waals surface area contributed by atoms with Gasteiger partial charge < -0.3 is 15.4 Å². The summed E-state index contributed by atoms with van der Waals surface area (Å²) in [7, 11) is 0. The SMILES string of the molecule is Cc1ccc(NC(=O)c2ccc(NCCN3CCOCC3)cn2)cc1. The topological polar surface area (TPSA) is 66.5 Å². The van der Waals surface area contributed by atoms with Gasteiger partial charge in [-0.1, -0.05) is 17.7 Å². The van der Waals surface area contributed by atoms with Crippen molar-refractivity contribution < 1.29 is 9.53 Å². The summed E-state index contributed by atoms with van der Waals surface area (Å²) < 4.78 is 5.34. The Morgan fingerprint density at radius 1 is 1.12 bits per heavy atom. The number of hydrogen-bond donors (Lipinski definition) is 2. The van der Waals surface area contributed by atoms with Gasteiger partial charge in [-0.3, -0.25) is 9.69 Å². The Balaban J connectivity index is 1.47. The minimum absolute atomic E-state index is 0.205. The molecule has 6 heteroatoms. The van der Waals surface area contributed by atoms with Gasteiger partial charge in [0, 0.05) is 31.9 Å². The first-order chi connectivity index (χ1) is 12.2. The molecule has 1 aliphatic heterocycles. The molecule has 6 nitrogen and oxygen atoms in total. The van der Waals surface area contributed by atoms with Crippen molar-refractivity contribution in [1.29, 1.82) is 0 Å². The molecule has 132 valence electrons. The quantitative estimate of drug-likeness (QED) is 0.845. The van der Waals surface area contributed by atoms with E-state index in [9.17, 15) is 4.79 Å². The fraction of sp³-hybridized carbons (Fsp3) is 0.368. The minimum atomic E-state index is -0.205. The summed E-state index contributed by atoms with van der Waals surface area (Å²) in [4.78, 5) is 18.8. The zero-order valence-electron chi connectivity index (χ0n) is 14.5. The van der Waals surface area contributed by atoms with Crippen molar-refractivity contribution in [2.45, 2.75) is 6.92 Å². The molecule has 25 heavy (non-hydrogen) atoms. The molecular weight excluding hydrogens is 316 g/mol. The van der Waals surface area contributed by atoms with Gasteiger partial charge in [-0.2, -0.15) is 0 Å². The average Bonchev–Trinajstić information content (AvgIpc) is 2.65. The molecule has 0 saturated carbocycles. The molecule has 1 aromatic heterocycles. The van der Waals surface area contributed by atoms with Crippen molar-refractivity contribution in [3.8, 4) is 0 Å². The number of amides is 1. The first-order valence-electron chi connectivity index (χ1n) is 8.59. The van der Waals surface area contributed by atoms with Crippen LogP contribution >= 0.6 is 0 Å². The molecule has 0 radical (unpaired) electrons. The second-order valence-electron chi connectivity index (χ2n) is 6.13. The smallest absolute Gasteiger partial charge is 0.274 e. The summed E-state index contributed by atoms with van der Waals surface area (Å²) in [5.41, 5.74) is 3.24. The number of rotatable bonds is 6. The molecule has 1 saturated heterocycles. The number of morpholine rings is 1. The Labute approximate surface area is 148 Å². The highest BCUT2D eigenvalue weighted by Crippen LogP contribution is 2.11. The van der Waals surface area contributed by atoms with Gasteiger partial charge in [0.1, 0.15) is 5.69 Å². The van der Waals surface area contributed by atoms with Crippen molar-refractivity contribution in [2.24, 2.45) is 0 Å². The molecule has 0 atom stereocenters. The predicted octanol–water partition coefficient (Wildman–Crippen LogP) is 2.39. The fourth-order valence-corrected chi connectivity index (χ4v) is 2.65. The molecule has 0 aliphatic carbocycles. The van der Waals surface area contributed by atoms with E-state index in [0.29, 0.717) is 5.69 Å². The monoisotopic (exact) mass is 340 g/mol. The molecule has 2 heterocycles. The van der Waals surface area contributed by atoms with Crippen LogP contribution < -0.4 is 10.6 Å². The molecule has 2 N–H and O–H groups in total. The first kappa shape index (κ1) is 17.4. The second kappa shape index (κ2) is 8.60. The van der Waals surface area contributed by atoms with Crippen LogP contribution in [-0.4, -0.2) is 55.2 Å². The number of anilines is 2. The van der Waals surface area contributed by atoms with Crippen molar-refractivity contribution >= 4 is 17.3 Å². The van der Waals surface area contributed by atoms with Gasteiger partial charge in [0.2, 0.25) is 0 Å². The van der Waals surface area contributed by atoms with Crippen LogP contribution in [0.5, 0.6) is 0 Å². The average molecular weight is 340 g/mol. The van der Waals surface area contributed by atoms with Gasteiger partial charge in [0.05, 0.1) is 25.1 Å². The molecule has 1 fully saturated rings. The number of hydrogen-bond acceptors (Lipinski definition) is 5. The Bertz CT molecular complexity index is 680. The standard InChI is InChI=1S/C19H24N4O2/c1-15-2-4-16(5-3-15)22-19(24)18-7-6-17(14-21-18)20-8-9-23-10-12-25-13-11-23/h2-7,14,20H,8-13H2,1H3,(H,22,24). The highest BCUT2D eigenvalue weighted by Gasteiger charge is 2.10. The zero-order valence-corrected chi connectivity index (χ0v) is 14.5. The van der Waals surface area contributed by atoms with E-state index in [-0.39, 0.29) is 5.91 Å². The van der Waals surface area contributed by atoms with E-state index in [2.05, 4.69) is 20.5 Å². The summed E-state index contributed by atoms with van der Waals surface area (Å²) >= 11 is 0. The summed E-state index contributed by atoms with van der Waals surface area (Å²) in [6, 6.07) is 11.3. The lowest BCUT2D eigenvalue weighted by molar-refractivity contribution is 0.0398. The van der Waals surface area contributed by atoms with E-state index in [0.717, 1.165) is 56.3 Å². The van der Waals surface area contributed by atoms with Gasteiger partial charge in [0.25, 0.3) is 5.91 Å². The molecule has 0 spiro atoms. The number of ether oxygens (including phenoxy) is 1. The van der Waals surface area contributed by atoms with Crippen molar-refractivity contribution in [2.75, 3.05) is 50.0 Å². The number of nitrogens with one attached hydrogen (secondary N) is 2. The molecule has 2 aromatic rings. The Hall–Kier alpha value is -2.44. The largest absolute Gasteiger partial charge is 0.383 e.